The number of nitrogens with one attached hydrogen (secondary N) is 1. The minimum absolute atomic E-state index is 0.274. The van der Waals surface area contributed by atoms with E-state index in [9.17, 15) is 0 Å². The molecule has 100 valence electrons. The number of hydrogen-bond acceptors (Lipinski definition) is 3. The first-order valence-corrected chi connectivity index (χ1v) is 7.87. The van der Waals surface area contributed by atoms with Gasteiger partial charge in [0, 0.05) is 17.0 Å². The number of rotatable bonds is 5. The van der Waals surface area contributed by atoms with Crippen LogP contribution in [-0.2, 0) is 0 Å². The molecule has 1 aromatic rings. The molecule has 2 rings (SSSR count). The standard InChI is InChI=1S/C15H23NOS/c1-3-16-15-13-7-5-4-6-12(13)11(2)10-14(15)18-9-8-17/h4-7,11,14-17H,3,8-10H2,1-2H3. The van der Waals surface area contributed by atoms with E-state index in [0.29, 0.717) is 17.2 Å². The van der Waals surface area contributed by atoms with Gasteiger partial charge in [-0.1, -0.05) is 38.1 Å². The van der Waals surface area contributed by atoms with E-state index in [1.807, 2.05) is 11.8 Å². The molecule has 3 unspecified atom stereocenters. The largest absolute Gasteiger partial charge is 0.396 e. The summed E-state index contributed by atoms with van der Waals surface area (Å²) in [7, 11) is 0. The van der Waals surface area contributed by atoms with Crippen molar-refractivity contribution in [1.82, 2.24) is 5.32 Å². The second-order valence-electron chi connectivity index (χ2n) is 4.93. The van der Waals surface area contributed by atoms with Crippen molar-refractivity contribution >= 4 is 11.8 Å². The van der Waals surface area contributed by atoms with E-state index < -0.39 is 0 Å². The lowest BCUT2D eigenvalue weighted by Crippen LogP contribution is -2.35. The van der Waals surface area contributed by atoms with Crippen LogP contribution in [-0.4, -0.2) is 29.3 Å². The lowest BCUT2D eigenvalue weighted by molar-refractivity contribution is 0.322. The molecule has 0 aliphatic heterocycles. The summed E-state index contributed by atoms with van der Waals surface area (Å²) in [6, 6.07) is 9.22. The van der Waals surface area contributed by atoms with Crippen LogP contribution < -0.4 is 5.32 Å². The molecule has 0 saturated carbocycles. The summed E-state index contributed by atoms with van der Waals surface area (Å²) in [4.78, 5) is 0. The van der Waals surface area contributed by atoms with Crippen LogP contribution in [0, 0.1) is 0 Å². The van der Waals surface area contributed by atoms with Gasteiger partial charge in [0.1, 0.15) is 0 Å². The van der Waals surface area contributed by atoms with Crippen LogP contribution >= 0.6 is 11.8 Å². The molecule has 1 aromatic carbocycles. The molecule has 0 radical (unpaired) electrons. The van der Waals surface area contributed by atoms with E-state index in [1.54, 1.807) is 0 Å². The Balaban J connectivity index is 2.25. The van der Waals surface area contributed by atoms with Gasteiger partial charge in [-0.05, 0) is 30.0 Å². The van der Waals surface area contributed by atoms with E-state index in [-0.39, 0.29) is 6.61 Å². The van der Waals surface area contributed by atoms with Crippen molar-refractivity contribution < 1.29 is 5.11 Å². The van der Waals surface area contributed by atoms with Gasteiger partial charge in [-0.2, -0.15) is 11.8 Å². The van der Waals surface area contributed by atoms with Gasteiger partial charge in [-0.15, -0.1) is 0 Å². The molecular weight excluding hydrogens is 242 g/mol. The highest BCUT2D eigenvalue weighted by Crippen LogP contribution is 2.42. The molecule has 0 bridgehead atoms. The molecule has 0 spiro atoms. The number of aliphatic hydroxyl groups is 1. The highest BCUT2D eigenvalue weighted by atomic mass is 32.2. The second kappa shape index (κ2) is 6.60. The van der Waals surface area contributed by atoms with Gasteiger partial charge < -0.3 is 10.4 Å². The molecule has 2 N–H and O–H groups in total. The number of hydrogen-bond donors (Lipinski definition) is 2. The predicted octanol–water partition coefficient (Wildman–Crippen LogP) is 2.94. The Bertz CT molecular complexity index is 383. The Hall–Kier alpha value is -0.510. The van der Waals surface area contributed by atoms with Crippen molar-refractivity contribution in [1.29, 1.82) is 0 Å². The van der Waals surface area contributed by atoms with Crippen molar-refractivity contribution in [3.63, 3.8) is 0 Å². The van der Waals surface area contributed by atoms with Crippen LogP contribution in [0.5, 0.6) is 0 Å². The fraction of sp³-hybridized carbons (Fsp3) is 0.600. The average Bonchev–Trinajstić information content (AvgIpc) is 2.40. The Morgan fingerprint density at radius 3 is 2.72 bits per heavy atom. The summed E-state index contributed by atoms with van der Waals surface area (Å²) in [6.45, 7) is 5.74. The van der Waals surface area contributed by atoms with Gasteiger partial charge in [0.25, 0.3) is 0 Å². The molecule has 0 aromatic heterocycles. The molecule has 0 saturated heterocycles. The van der Waals surface area contributed by atoms with Crippen LogP contribution in [0.15, 0.2) is 24.3 Å². The highest BCUT2D eigenvalue weighted by molar-refractivity contribution is 7.99. The third-order valence-corrected chi connectivity index (χ3v) is 4.98. The van der Waals surface area contributed by atoms with Gasteiger partial charge in [0.05, 0.1) is 6.61 Å². The highest BCUT2D eigenvalue weighted by Gasteiger charge is 2.32. The molecule has 1 aliphatic rings. The van der Waals surface area contributed by atoms with E-state index in [1.165, 1.54) is 17.5 Å². The first kappa shape index (κ1) is 13.9. The first-order chi connectivity index (χ1) is 8.77. The fourth-order valence-electron chi connectivity index (χ4n) is 2.88. The lowest BCUT2D eigenvalue weighted by atomic mass is 9.80. The van der Waals surface area contributed by atoms with E-state index in [4.69, 9.17) is 5.11 Å². The summed E-state index contributed by atoms with van der Waals surface area (Å²) in [5, 5.41) is 13.2. The van der Waals surface area contributed by atoms with E-state index >= 15 is 0 Å². The maximum atomic E-state index is 9.03. The maximum Gasteiger partial charge on any atom is 0.0521 e. The Morgan fingerprint density at radius 2 is 2.06 bits per heavy atom. The number of benzene rings is 1. The van der Waals surface area contributed by atoms with Gasteiger partial charge in [0.15, 0.2) is 0 Å². The van der Waals surface area contributed by atoms with Gasteiger partial charge in [0.2, 0.25) is 0 Å². The molecule has 18 heavy (non-hydrogen) atoms. The molecule has 2 nitrogen and oxygen atoms in total. The van der Waals surface area contributed by atoms with Crippen molar-refractivity contribution in [2.45, 2.75) is 37.5 Å². The topological polar surface area (TPSA) is 32.3 Å². The number of thioether (sulfide) groups is 1. The van der Waals surface area contributed by atoms with Gasteiger partial charge in [-0.25, -0.2) is 0 Å². The SMILES string of the molecule is CCNC1c2ccccc2C(C)CC1SCCO. The smallest absolute Gasteiger partial charge is 0.0521 e. The summed E-state index contributed by atoms with van der Waals surface area (Å²) >= 11 is 1.90. The zero-order valence-corrected chi connectivity index (χ0v) is 12.0. The number of aliphatic hydroxyl groups excluding tert-OH is 1. The average molecular weight is 265 g/mol. The molecule has 0 heterocycles. The summed E-state index contributed by atoms with van der Waals surface area (Å²) in [5.74, 6) is 1.45. The zero-order valence-electron chi connectivity index (χ0n) is 11.2. The number of fused-ring (bicyclic) bond motifs is 1. The predicted molar refractivity (Wildman–Crippen MR) is 79.2 cm³/mol. The summed E-state index contributed by atoms with van der Waals surface area (Å²) < 4.78 is 0. The lowest BCUT2D eigenvalue weighted by Gasteiger charge is -2.37. The zero-order chi connectivity index (χ0) is 13.0. The van der Waals surface area contributed by atoms with E-state index in [2.05, 4.69) is 43.4 Å². The van der Waals surface area contributed by atoms with Crippen LogP contribution in [0.25, 0.3) is 0 Å². The summed E-state index contributed by atoms with van der Waals surface area (Å²) in [5.41, 5.74) is 2.94. The first-order valence-electron chi connectivity index (χ1n) is 6.82. The summed E-state index contributed by atoms with van der Waals surface area (Å²) in [6.07, 6.45) is 1.19. The van der Waals surface area contributed by atoms with E-state index in [0.717, 1.165) is 12.3 Å². The molecule has 0 fully saturated rings. The Labute approximate surface area is 114 Å². The quantitative estimate of drug-likeness (QED) is 0.858. The third-order valence-electron chi connectivity index (χ3n) is 3.67. The van der Waals surface area contributed by atoms with Crippen LogP contribution in [0.2, 0.25) is 0 Å². The Morgan fingerprint density at radius 1 is 1.33 bits per heavy atom. The minimum atomic E-state index is 0.274. The molecule has 3 heteroatoms. The van der Waals surface area contributed by atoms with Crippen molar-refractivity contribution in [2.75, 3.05) is 18.9 Å². The Kier molecular flexibility index (Phi) is 5.10. The normalized spacial score (nSPS) is 26.9. The van der Waals surface area contributed by atoms with Crippen molar-refractivity contribution in [3.05, 3.63) is 35.4 Å². The van der Waals surface area contributed by atoms with Gasteiger partial charge in [-0.3, -0.25) is 0 Å². The van der Waals surface area contributed by atoms with Crippen LogP contribution in [0.3, 0.4) is 0 Å². The second-order valence-corrected chi connectivity index (χ2v) is 6.28. The van der Waals surface area contributed by atoms with Crippen molar-refractivity contribution in [3.8, 4) is 0 Å². The molecular formula is C15H23NOS. The molecule has 3 atom stereocenters. The third kappa shape index (κ3) is 2.90. The maximum absolute atomic E-state index is 9.03. The van der Waals surface area contributed by atoms with Crippen molar-refractivity contribution in [2.24, 2.45) is 0 Å². The molecule has 0 amide bonds. The van der Waals surface area contributed by atoms with Crippen LogP contribution in [0.1, 0.15) is 43.4 Å². The molecule has 1 aliphatic carbocycles. The fourth-order valence-corrected chi connectivity index (χ4v) is 4.15. The van der Waals surface area contributed by atoms with Gasteiger partial charge >= 0.3 is 0 Å². The monoisotopic (exact) mass is 265 g/mol. The minimum Gasteiger partial charge on any atom is -0.396 e. The van der Waals surface area contributed by atoms with Crippen LogP contribution in [0.4, 0.5) is 0 Å².